The van der Waals surface area contributed by atoms with Gasteiger partial charge in [-0.05, 0) is 23.8 Å². The van der Waals surface area contributed by atoms with Crippen molar-refractivity contribution in [2.75, 3.05) is 6.54 Å². The standard InChI is InChI=1S/C8H9BrFNO/c9-7-2-1-5(10)3-6(7)8(12)4-11/h1-3,8,12H,4,11H2/t8-/m0/s1. The van der Waals surface area contributed by atoms with Crippen molar-refractivity contribution < 1.29 is 9.50 Å². The van der Waals surface area contributed by atoms with E-state index in [1.807, 2.05) is 0 Å². The Hall–Kier alpha value is -0.450. The second kappa shape index (κ2) is 3.98. The van der Waals surface area contributed by atoms with Crippen molar-refractivity contribution in [2.45, 2.75) is 6.10 Å². The molecule has 0 unspecified atom stereocenters. The molecule has 0 aliphatic carbocycles. The maximum atomic E-state index is 12.7. The van der Waals surface area contributed by atoms with Crippen LogP contribution in [0.25, 0.3) is 0 Å². The molecular formula is C8H9BrFNO. The van der Waals surface area contributed by atoms with Crippen molar-refractivity contribution in [1.82, 2.24) is 0 Å². The zero-order chi connectivity index (χ0) is 9.14. The second-order valence-corrected chi connectivity index (χ2v) is 3.27. The fourth-order valence-electron chi connectivity index (χ4n) is 0.897. The van der Waals surface area contributed by atoms with Crippen molar-refractivity contribution in [3.05, 3.63) is 34.1 Å². The molecular weight excluding hydrogens is 225 g/mol. The number of benzene rings is 1. The Morgan fingerprint density at radius 1 is 1.58 bits per heavy atom. The van der Waals surface area contributed by atoms with Gasteiger partial charge in [0, 0.05) is 11.0 Å². The Morgan fingerprint density at radius 2 is 2.25 bits per heavy atom. The maximum absolute atomic E-state index is 12.7. The molecule has 0 amide bonds. The topological polar surface area (TPSA) is 46.2 Å². The summed E-state index contributed by atoms with van der Waals surface area (Å²) < 4.78 is 13.3. The SMILES string of the molecule is NC[C@H](O)c1cc(F)ccc1Br. The van der Waals surface area contributed by atoms with Gasteiger partial charge in [-0.25, -0.2) is 4.39 Å². The minimum atomic E-state index is -0.810. The van der Waals surface area contributed by atoms with E-state index in [4.69, 9.17) is 5.73 Å². The Labute approximate surface area is 78.3 Å². The van der Waals surface area contributed by atoms with Crippen LogP contribution in [-0.2, 0) is 0 Å². The van der Waals surface area contributed by atoms with Gasteiger partial charge in [0.25, 0.3) is 0 Å². The van der Waals surface area contributed by atoms with Crippen LogP contribution in [0.5, 0.6) is 0 Å². The van der Waals surface area contributed by atoms with Crippen LogP contribution < -0.4 is 5.73 Å². The fraction of sp³-hybridized carbons (Fsp3) is 0.250. The number of aliphatic hydroxyl groups is 1. The molecule has 1 rings (SSSR count). The summed E-state index contributed by atoms with van der Waals surface area (Å²) in [5.74, 6) is -0.374. The summed E-state index contributed by atoms with van der Waals surface area (Å²) in [5, 5.41) is 9.31. The molecule has 0 radical (unpaired) electrons. The molecule has 0 aliphatic rings. The Bertz CT molecular complexity index is 280. The number of hydrogen-bond acceptors (Lipinski definition) is 2. The number of hydrogen-bond donors (Lipinski definition) is 2. The van der Waals surface area contributed by atoms with Gasteiger partial charge in [0.2, 0.25) is 0 Å². The smallest absolute Gasteiger partial charge is 0.123 e. The summed E-state index contributed by atoms with van der Waals surface area (Å²) in [4.78, 5) is 0. The van der Waals surface area contributed by atoms with Crippen LogP contribution in [0.2, 0.25) is 0 Å². The summed E-state index contributed by atoms with van der Waals surface area (Å²) in [6.45, 7) is 0.0854. The molecule has 0 fully saturated rings. The van der Waals surface area contributed by atoms with Crippen molar-refractivity contribution in [3.63, 3.8) is 0 Å². The molecule has 0 spiro atoms. The van der Waals surface area contributed by atoms with Crippen LogP contribution in [0.15, 0.2) is 22.7 Å². The normalized spacial score (nSPS) is 13.0. The quantitative estimate of drug-likeness (QED) is 0.815. The molecule has 1 aromatic carbocycles. The average molecular weight is 234 g/mol. The molecule has 0 saturated heterocycles. The molecule has 0 saturated carbocycles. The lowest BCUT2D eigenvalue weighted by Crippen LogP contribution is -2.12. The summed E-state index contributed by atoms with van der Waals surface area (Å²) in [5.41, 5.74) is 5.71. The third-order valence-electron chi connectivity index (χ3n) is 1.54. The third-order valence-corrected chi connectivity index (χ3v) is 2.26. The van der Waals surface area contributed by atoms with E-state index in [1.54, 1.807) is 6.07 Å². The lowest BCUT2D eigenvalue weighted by Gasteiger charge is -2.09. The number of aliphatic hydroxyl groups excluding tert-OH is 1. The molecule has 2 nitrogen and oxygen atoms in total. The van der Waals surface area contributed by atoms with E-state index in [1.165, 1.54) is 12.1 Å². The van der Waals surface area contributed by atoms with E-state index in [0.717, 1.165) is 0 Å². The monoisotopic (exact) mass is 233 g/mol. The van der Waals surface area contributed by atoms with Crippen molar-refractivity contribution in [1.29, 1.82) is 0 Å². The molecule has 0 bridgehead atoms. The highest BCUT2D eigenvalue weighted by Gasteiger charge is 2.09. The predicted octanol–water partition coefficient (Wildman–Crippen LogP) is 1.58. The van der Waals surface area contributed by atoms with Crippen LogP contribution in [0, 0.1) is 5.82 Å². The van der Waals surface area contributed by atoms with Gasteiger partial charge in [0.05, 0.1) is 6.10 Å². The molecule has 0 aromatic heterocycles. The van der Waals surface area contributed by atoms with Crippen molar-refractivity contribution in [2.24, 2.45) is 5.73 Å². The lowest BCUT2D eigenvalue weighted by molar-refractivity contribution is 0.185. The van der Waals surface area contributed by atoms with Gasteiger partial charge in [0.1, 0.15) is 5.82 Å². The minimum Gasteiger partial charge on any atom is -0.387 e. The van der Waals surface area contributed by atoms with Gasteiger partial charge in [-0.2, -0.15) is 0 Å². The fourth-order valence-corrected chi connectivity index (χ4v) is 1.41. The van der Waals surface area contributed by atoms with Crippen molar-refractivity contribution in [3.8, 4) is 0 Å². The molecule has 1 atom stereocenters. The van der Waals surface area contributed by atoms with Gasteiger partial charge in [-0.3, -0.25) is 0 Å². The molecule has 3 N–H and O–H groups in total. The first-order valence-electron chi connectivity index (χ1n) is 3.48. The molecule has 0 aliphatic heterocycles. The Balaban J connectivity index is 3.04. The van der Waals surface area contributed by atoms with E-state index in [2.05, 4.69) is 15.9 Å². The summed E-state index contributed by atoms with van der Waals surface area (Å²) >= 11 is 3.19. The third kappa shape index (κ3) is 2.03. The maximum Gasteiger partial charge on any atom is 0.123 e. The van der Waals surface area contributed by atoms with Crippen LogP contribution in [-0.4, -0.2) is 11.7 Å². The van der Waals surface area contributed by atoms with Gasteiger partial charge < -0.3 is 10.8 Å². The Kier molecular flexibility index (Phi) is 3.20. The number of rotatable bonds is 2. The van der Waals surface area contributed by atoms with Gasteiger partial charge in [-0.15, -0.1) is 0 Å². The predicted molar refractivity (Wildman–Crippen MR) is 48.1 cm³/mol. The number of halogens is 2. The molecule has 0 heterocycles. The first-order chi connectivity index (χ1) is 5.65. The van der Waals surface area contributed by atoms with E-state index in [-0.39, 0.29) is 12.4 Å². The summed E-state index contributed by atoms with van der Waals surface area (Å²) in [7, 11) is 0. The molecule has 12 heavy (non-hydrogen) atoms. The first kappa shape index (κ1) is 9.64. The van der Waals surface area contributed by atoms with E-state index in [0.29, 0.717) is 10.0 Å². The lowest BCUT2D eigenvalue weighted by atomic mass is 10.1. The van der Waals surface area contributed by atoms with Gasteiger partial charge in [-0.1, -0.05) is 15.9 Å². The zero-order valence-electron chi connectivity index (χ0n) is 6.30. The van der Waals surface area contributed by atoms with Crippen LogP contribution >= 0.6 is 15.9 Å². The summed E-state index contributed by atoms with van der Waals surface area (Å²) in [6.07, 6.45) is -0.810. The molecule has 1 aromatic rings. The van der Waals surface area contributed by atoms with Gasteiger partial charge in [0.15, 0.2) is 0 Å². The Morgan fingerprint density at radius 3 is 2.83 bits per heavy atom. The highest BCUT2D eigenvalue weighted by molar-refractivity contribution is 9.10. The highest BCUT2D eigenvalue weighted by atomic mass is 79.9. The van der Waals surface area contributed by atoms with Gasteiger partial charge >= 0.3 is 0 Å². The molecule has 4 heteroatoms. The van der Waals surface area contributed by atoms with Crippen LogP contribution in [0.4, 0.5) is 4.39 Å². The van der Waals surface area contributed by atoms with E-state index >= 15 is 0 Å². The van der Waals surface area contributed by atoms with Crippen LogP contribution in [0.3, 0.4) is 0 Å². The minimum absolute atomic E-state index is 0.0854. The first-order valence-corrected chi connectivity index (χ1v) is 4.27. The van der Waals surface area contributed by atoms with E-state index in [9.17, 15) is 9.50 Å². The number of nitrogens with two attached hydrogens (primary N) is 1. The van der Waals surface area contributed by atoms with Crippen molar-refractivity contribution >= 4 is 15.9 Å². The molecule has 66 valence electrons. The van der Waals surface area contributed by atoms with E-state index < -0.39 is 6.10 Å². The average Bonchev–Trinajstić information content (AvgIpc) is 2.08. The highest BCUT2D eigenvalue weighted by Crippen LogP contribution is 2.23. The zero-order valence-corrected chi connectivity index (χ0v) is 7.88. The summed E-state index contributed by atoms with van der Waals surface area (Å²) in [6, 6.07) is 4.13. The largest absolute Gasteiger partial charge is 0.387 e. The second-order valence-electron chi connectivity index (χ2n) is 2.42. The van der Waals surface area contributed by atoms with Crippen LogP contribution in [0.1, 0.15) is 11.7 Å².